The van der Waals surface area contributed by atoms with E-state index in [2.05, 4.69) is 11.8 Å². The lowest BCUT2D eigenvalue weighted by molar-refractivity contribution is -0.139. The van der Waals surface area contributed by atoms with Crippen LogP contribution in [0.25, 0.3) is 10.2 Å². The van der Waals surface area contributed by atoms with E-state index in [0.717, 1.165) is 41.8 Å². The summed E-state index contributed by atoms with van der Waals surface area (Å²) in [6.45, 7) is 11.5. The molecule has 3 heterocycles. The smallest absolute Gasteiger partial charge is 0.263 e. The predicted octanol–water partition coefficient (Wildman–Crippen LogP) is 3.44. The number of piperazine rings is 1. The first kappa shape index (κ1) is 20.4. The number of amides is 1. The van der Waals surface area contributed by atoms with Crippen molar-refractivity contribution in [2.45, 2.75) is 66.3 Å². The Kier molecular flexibility index (Phi) is 5.44. The minimum absolute atomic E-state index is 0.124. The van der Waals surface area contributed by atoms with Crippen LogP contribution in [0.4, 0.5) is 5.95 Å². The largest absolute Gasteiger partial charge is 0.339 e. The Morgan fingerprint density at radius 2 is 1.79 bits per heavy atom. The van der Waals surface area contributed by atoms with Gasteiger partial charge in [0.25, 0.3) is 5.56 Å². The zero-order valence-corrected chi connectivity index (χ0v) is 18.9. The topological polar surface area (TPSA) is 58.4 Å². The van der Waals surface area contributed by atoms with Gasteiger partial charge in [0.15, 0.2) is 0 Å². The molecule has 0 radical (unpaired) electrons. The third-order valence-corrected chi connectivity index (χ3v) is 7.18. The zero-order valence-electron chi connectivity index (χ0n) is 18.1. The number of fused-ring (bicyclic) bond motifs is 3. The molecule has 1 aliphatic carbocycles. The van der Waals surface area contributed by atoms with Crippen molar-refractivity contribution in [3.63, 3.8) is 0 Å². The van der Waals surface area contributed by atoms with Gasteiger partial charge in [-0.2, -0.15) is 0 Å². The first-order chi connectivity index (χ1) is 13.8. The van der Waals surface area contributed by atoms with Crippen LogP contribution >= 0.6 is 11.3 Å². The average molecular weight is 417 g/mol. The van der Waals surface area contributed by atoms with Gasteiger partial charge in [-0.1, -0.05) is 27.7 Å². The van der Waals surface area contributed by atoms with E-state index in [0.29, 0.717) is 32.7 Å². The third-order valence-electron chi connectivity index (χ3n) is 5.99. The van der Waals surface area contributed by atoms with E-state index < -0.39 is 0 Å². The van der Waals surface area contributed by atoms with E-state index in [1.807, 2.05) is 30.2 Å². The first-order valence-corrected chi connectivity index (χ1v) is 11.7. The van der Waals surface area contributed by atoms with Crippen molar-refractivity contribution in [1.82, 2.24) is 14.5 Å². The summed E-state index contributed by atoms with van der Waals surface area (Å²) in [5.41, 5.74) is 1.02. The molecule has 4 rings (SSSR count). The summed E-state index contributed by atoms with van der Waals surface area (Å²) >= 11 is 1.71. The maximum atomic E-state index is 13.5. The molecule has 0 atom stereocenters. The van der Waals surface area contributed by atoms with Crippen molar-refractivity contribution >= 4 is 33.4 Å². The average Bonchev–Trinajstić information content (AvgIpc) is 3.07. The lowest BCUT2D eigenvalue weighted by Gasteiger charge is -2.38. The maximum absolute atomic E-state index is 13.5. The molecular weight excluding hydrogens is 384 g/mol. The van der Waals surface area contributed by atoms with Gasteiger partial charge in [-0.05, 0) is 37.7 Å². The van der Waals surface area contributed by atoms with Crippen molar-refractivity contribution in [2.75, 3.05) is 31.1 Å². The summed E-state index contributed by atoms with van der Waals surface area (Å²) < 4.78 is 1.88. The minimum atomic E-state index is -0.361. The Morgan fingerprint density at radius 3 is 2.45 bits per heavy atom. The van der Waals surface area contributed by atoms with Gasteiger partial charge in [0.1, 0.15) is 4.83 Å². The number of aromatic nitrogens is 2. The number of thiophene rings is 1. The van der Waals surface area contributed by atoms with Crippen LogP contribution in [0.1, 0.15) is 57.4 Å². The lowest BCUT2D eigenvalue weighted by Crippen LogP contribution is -2.52. The van der Waals surface area contributed by atoms with Crippen LogP contribution in [0.2, 0.25) is 0 Å². The summed E-state index contributed by atoms with van der Waals surface area (Å²) in [5.74, 6) is 0.975. The van der Waals surface area contributed by atoms with Crippen LogP contribution in [0.3, 0.4) is 0 Å². The molecule has 158 valence electrons. The Hall–Kier alpha value is -1.89. The monoisotopic (exact) mass is 416 g/mol. The second kappa shape index (κ2) is 7.74. The molecule has 2 aromatic rings. The van der Waals surface area contributed by atoms with Crippen LogP contribution < -0.4 is 10.5 Å². The van der Waals surface area contributed by atoms with E-state index in [1.54, 1.807) is 11.3 Å². The fourth-order valence-corrected chi connectivity index (χ4v) is 5.73. The molecule has 2 aromatic heterocycles. The molecule has 0 unspecified atom stereocenters. The Morgan fingerprint density at radius 1 is 1.10 bits per heavy atom. The highest BCUT2D eigenvalue weighted by atomic mass is 32.1. The number of hydrogen-bond donors (Lipinski definition) is 0. The van der Waals surface area contributed by atoms with Crippen LogP contribution in [0.15, 0.2) is 4.79 Å². The number of nitrogens with zero attached hydrogens (tertiary/aromatic N) is 4. The van der Waals surface area contributed by atoms with Gasteiger partial charge in [0.2, 0.25) is 11.9 Å². The van der Waals surface area contributed by atoms with Gasteiger partial charge in [0, 0.05) is 43.0 Å². The number of anilines is 1. The molecule has 0 aromatic carbocycles. The Bertz CT molecular complexity index is 977. The van der Waals surface area contributed by atoms with E-state index in [-0.39, 0.29) is 16.9 Å². The van der Waals surface area contributed by atoms with Crippen molar-refractivity contribution in [1.29, 1.82) is 0 Å². The molecule has 1 saturated heterocycles. The number of carbonyl (C=O) groups is 1. The van der Waals surface area contributed by atoms with E-state index in [4.69, 9.17) is 4.98 Å². The maximum Gasteiger partial charge on any atom is 0.263 e. The molecule has 0 spiro atoms. The number of aryl methyl sites for hydroxylation is 2. The number of rotatable bonds is 3. The van der Waals surface area contributed by atoms with Crippen LogP contribution in [-0.2, 0) is 24.2 Å². The molecular formula is C22H32N4O2S. The summed E-state index contributed by atoms with van der Waals surface area (Å²) in [4.78, 5) is 37.5. The quantitative estimate of drug-likeness (QED) is 0.769. The predicted molar refractivity (Wildman–Crippen MR) is 119 cm³/mol. The molecule has 0 bridgehead atoms. The molecule has 0 saturated carbocycles. The van der Waals surface area contributed by atoms with Crippen molar-refractivity contribution < 1.29 is 4.79 Å². The van der Waals surface area contributed by atoms with Gasteiger partial charge < -0.3 is 9.80 Å². The van der Waals surface area contributed by atoms with Gasteiger partial charge in [-0.3, -0.25) is 14.2 Å². The fraction of sp³-hybridized carbons (Fsp3) is 0.682. The lowest BCUT2D eigenvalue weighted by atomic mass is 9.94. The standard InChI is InChI=1S/C22H32N4O2S/c1-5-10-26-19(27)17-15-8-6-7-9-16(15)29-18(17)23-21(26)25-13-11-24(12-14-25)20(28)22(2,3)4/h5-14H2,1-4H3. The van der Waals surface area contributed by atoms with Crippen molar-refractivity contribution in [3.05, 3.63) is 20.8 Å². The second-order valence-electron chi connectivity index (χ2n) is 9.29. The summed E-state index contributed by atoms with van der Waals surface area (Å²) in [6, 6.07) is 0. The fourth-order valence-electron chi connectivity index (χ4n) is 4.48. The highest BCUT2D eigenvalue weighted by Crippen LogP contribution is 2.34. The SMILES string of the molecule is CCCn1c(N2CCN(C(=O)C(C)(C)C)CC2)nc2sc3c(c2c1=O)CCCC3. The molecule has 6 nitrogen and oxygen atoms in total. The molecule has 2 aliphatic rings. The second-order valence-corrected chi connectivity index (χ2v) is 10.4. The van der Waals surface area contributed by atoms with Gasteiger partial charge in [-0.25, -0.2) is 4.98 Å². The molecule has 29 heavy (non-hydrogen) atoms. The number of hydrogen-bond acceptors (Lipinski definition) is 5. The molecule has 0 N–H and O–H groups in total. The summed E-state index contributed by atoms with van der Waals surface area (Å²) in [5, 5.41) is 0.864. The van der Waals surface area contributed by atoms with Crippen molar-refractivity contribution in [2.24, 2.45) is 5.41 Å². The van der Waals surface area contributed by atoms with Crippen LogP contribution in [0, 0.1) is 5.41 Å². The Balaban J connectivity index is 1.68. The molecule has 1 fully saturated rings. The normalized spacial score (nSPS) is 17.7. The highest BCUT2D eigenvalue weighted by Gasteiger charge is 2.31. The van der Waals surface area contributed by atoms with Crippen LogP contribution in [0.5, 0.6) is 0 Å². The molecule has 1 amide bonds. The molecule has 7 heteroatoms. The molecule has 1 aliphatic heterocycles. The zero-order chi connectivity index (χ0) is 20.8. The number of carbonyl (C=O) groups excluding carboxylic acids is 1. The highest BCUT2D eigenvalue weighted by molar-refractivity contribution is 7.18. The van der Waals surface area contributed by atoms with Crippen LogP contribution in [-0.4, -0.2) is 46.5 Å². The Labute approximate surface area is 176 Å². The third kappa shape index (κ3) is 3.69. The van der Waals surface area contributed by atoms with E-state index in [1.165, 1.54) is 16.9 Å². The minimum Gasteiger partial charge on any atom is -0.339 e. The van der Waals surface area contributed by atoms with Gasteiger partial charge >= 0.3 is 0 Å². The summed E-state index contributed by atoms with van der Waals surface area (Å²) in [7, 11) is 0. The van der Waals surface area contributed by atoms with Crippen molar-refractivity contribution in [3.8, 4) is 0 Å². The van der Waals surface area contributed by atoms with E-state index in [9.17, 15) is 9.59 Å². The summed E-state index contributed by atoms with van der Waals surface area (Å²) in [6.07, 6.45) is 5.35. The van der Waals surface area contributed by atoms with E-state index >= 15 is 0 Å². The van der Waals surface area contributed by atoms with Gasteiger partial charge in [-0.15, -0.1) is 11.3 Å². The van der Waals surface area contributed by atoms with Gasteiger partial charge in [0.05, 0.1) is 5.39 Å². The first-order valence-electron chi connectivity index (χ1n) is 10.9.